The summed E-state index contributed by atoms with van der Waals surface area (Å²) in [7, 11) is 2.99. The Morgan fingerprint density at radius 1 is 1.17 bits per heavy atom. The van der Waals surface area contributed by atoms with E-state index in [1.165, 1.54) is 12.7 Å². The first-order valence-corrected chi connectivity index (χ1v) is 8.13. The van der Waals surface area contributed by atoms with E-state index in [9.17, 15) is 4.79 Å². The van der Waals surface area contributed by atoms with Crippen LogP contribution in [0, 0.1) is 12.8 Å². The number of carbonyl (C=O) groups excluding carboxylic acids is 1. The Kier molecular flexibility index (Phi) is 6.10. The van der Waals surface area contributed by atoms with Crippen molar-refractivity contribution in [1.29, 1.82) is 0 Å². The number of aryl methyl sites for hydroxylation is 1. The lowest BCUT2D eigenvalue weighted by molar-refractivity contribution is 0.0595. The van der Waals surface area contributed by atoms with Crippen molar-refractivity contribution in [3.8, 4) is 11.1 Å². The highest BCUT2D eigenvalue weighted by Crippen LogP contribution is 2.29. The van der Waals surface area contributed by atoms with Gasteiger partial charge < -0.3 is 9.47 Å². The van der Waals surface area contributed by atoms with Gasteiger partial charge >= 0.3 is 5.97 Å². The number of carbonyl (C=O) groups is 1. The van der Waals surface area contributed by atoms with Crippen LogP contribution in [0.1, 0.15) is 41.2 Å². The van der Waals surface area contributed by atoms with Gasteiger partial charge in [-0.3, -0.25) is 4.98 Å². The Morgan fingerprint density at radius 3 is 2.38 bits per heavy atom. The number of hydrogen-bond donors (Lipinski definition) is 0. The molecular weight excluding hydrogens is 302 g/mol. The fraction of sp³-hybridized carbons (Fsp3) is 0.400. The second-order valence-corrected chi connectivity index (χ2v) is 6.37. The van der Waals surface area contributed by atoms with Gasteiger partial charge in [0.25, 0.3) is 0 Å². The van der Waals surface area contributed by atoms with Gasteiger partial charge in [0.2, 0.25) is 0 Å². The molecule has 2 aromatic rings. The van der Waals surface area contributed by atoms with Crippen LogP contribution >= 0.6 is 0 Å². The summed E-state index contributed by atoms with van der Waals surface area (Å²) in [4.78, 5) is 17.0. The molecule has 0 spiro atoms. The third-order valence-corrected chi connectivity index (χ3v) is 3.80. The molecule has 4 heteroatoms. The van der Waals surface area contributed by atoms with E-state index < -0.39 is 0 Å². The molecule has 128 valence electrons. The summed E-state index contributed by atoms with van der Waals surface area (Å²) in [5, 5.41) is 0. The van der Waals surface area contributed by atoms with E-state index in [0.717, 1.165) is 23.2 Å². The SMILES string of the molecule is COCc1nc(CC(C)C)cc(-c2ccc(C)cc2)c1C(=O)OC. The van der Waals surface area contributed by atoms with Crippen molar-refractivity contribution in [3.63, 3.8) is 0 Å². The van der Waals surface area contributed by atoms with Crippen LogP contribution in [0.2, 0.25) is 0 Å². The van der Waals surface area contributed by atoms with E-state index in [0.29, 0.717) is 17.2 Å². The summed E-state index contributed by atoms with van der Waals surface area (Å²) in [5.74, 6) is 0.0870. The number of nitrogens with zero attached hydrogens (tertiary/aromatic N) is 1. The lowest BCUT2D eigenvalue weighted by Crippen LogP contribution is -2.13. The predicted octanol–water partition coefficient (Wildman–Crippen LogP) is 4.19. The number of aromatic nitrogens is 1. The van der Waals surface area contributed by atoms with Gasteiger partial charge in [-0.25, -0.2) is 4.79 Å². The van der Waals surface area contributed by atoms with Crippen molar-refractivity contribution in [2.75, 3.05) is 14.2 Å². The highest BCUT2D eigenvalue weighted by Gasteiger charge is 2.21. The standard InChI is InChI=1S/C20H25NO3/c1-13(2)10-16-11-17(15-8-6-14(3)7-9-15)19(20(22)24-5)18(21-16)12-23-4/h6-9,11,13H,10,12H2,1-5H3. The molecule has 0 saturated carbocycles. The minimum atomic E-state index is -0.388. The van der Waals surface area contributed by atoms with Crippen molar-refractivity contribution < 1.29 is 14.3 Å². The van der Waals surface area contributed by atoms with Crippen LogP contribution in [-0.2, 0) is 22.5 Å². The molecule has 0 aliphatic rings. The summed E-state index contributed by atoms with van der Waals surface area (Å²) >= 11 is 0. The molecule has 0 atom stereocenters. The normalized spacial score (nSPS) is 10.9. The van der Waals surface area contributed by atoms with Crippen molar-refractivity contribution in [2.24, 2.45) is 5.92 Å². The average molecular weight is 327 g/mol. The van der Waals surface area contributed by atoms with Gasteiger partial charge in [-0.2, -0.15) is 0 Å². The molecule has 1 heterocycles. The quantitative estimate of drug-likeness (QED) is 0.747. The molecule has 1 aromatic heterocycles. The van der Waals surface area contributed by atoms with Gasteiger partial charge in [-0.15, -0.1) is 0 Å². The van der Waals surface area contributed by atoms with Gasteiger partial charge in [0, 0.05) is 12.8 Å². The van der Waals surface area contributed by atoms with E-state index in [4.69, 9.17) is 9.47 Å². The van der Waals surface area contributed by atoms with Gasteiger partial charge in [0.05, 0.1) is 25.0 Å². The molecule has 0 aliphatic carbocycles. The molecule has 24 heavy (non-hydrogen) atoms. The zero-order chi connectivity index (χ0) is 17.7. The number of pyridine rings is 1. The maximum Gasteiger partial charge on any atom is 0.340 e. The van der Waals surface area contributed by atoms with E-state index in [2.05, 4.69) is 18.8 Å². The lowest BCUT2D eigenvalue weighted by atomic mass is 9.95. The molecule has 0 N–H and O–H groups in total. The fourth-order valence-electron chi connectivity index (χ4n) is 2.71. The first-order chi connectivity index (χ1) is 11.5. The van der Waals surface area contributed by atoms with E-state index in [1.807, 2.05) is 37.3 Å². The van der Waals surface area contributed by atoms with Crippen LogP contribution in [0.4, 0.5) is 0 Å². The third kappa shape index (κ3) is 4.20. The van der Waals surface area contributed by atoms with E-state index in [-0.39, 0.29) is 12.6 Å². The minimum Gasteiger partial charge on any atom is -0.465 e. The largest absolute Gasteiger partial charge is 0.465 e. The predicted molar refractivity (Wildman–Crippen MR) is 95.0 cm³/mol. The highest BCUT2D eigenvalue weighted by atomic mass is 16.5. The van der Waals surface area contributed by atoms with Gasteiger partial charge in [0.15, 0.2) is 0 Å². The van der Waals surface area contributed by atoms with Crippen molar-refractivity contribution >= 4 is 5.97 Å². The molecule has 0 bridgehead atoms. The van der Waals surface area contributed by atoms with Crippen LogP contribution in [0.3, 0.4) is 0 Å². The molecular formula is C20H25NO3. The maximum atomic E-state index is 12.4. The van der Waals surface area contributed by atoms with Crippen LogP contribution < -0.4 is 0 Å². The summed E-state index contributed by atoms with van der Waals surface area (Å²) in [5.41, 5.74) is 5.06. The Balaban J connectivity index is 2.68. The molecule has 0 saturated heterocycles. The average Bonchev–Trinajstić information content (AvgIpc) is 2.54. The minimum absolute atomic E-state index is 0.273. The van der Waals surface area contributed by atoms with Crippen molar-refractivity contribution in [1.82, 2.24) is 4.98 Å². The summed E-state index contributed by atoms with van der Waals surface area (Å²) in [6, 6.07) is 10.1. The number of rotatable bonds is 6. The van der Waals surface area contributed by atoms with E-state index in [1.54, 1.807) is 7.11 Å². The molecule has 0 unspecified atom stereocenters. The fourth-order valence-corrected chi connectivity index (χ4v) is 2.71. The number of methoxy groups -OCH3 is 2. The topological polar surface area (TPSA) is 48.4 Å². The Bertz CT molecular complexity index is 706. The van der Waals surface area contributed by atoms with Crippen LogP contribution in [0.25, 0.3) is 11.1 Å². The molecule has 0 fully saturated rings. The van der Waals surface area contributed by atoms with Gasteiger partial charge in [-0.1, -0.05) is 43.7 Å². The van der Waals surface area contributed by atoms with Crippen molar-refractivity contribution in [2.45, 2.75) is 33.8 Å². The second-order valence-electron chi connectivity index (χ2n) is 6.37. The van der Waals surface area contributed by atoms with Crippen LogP contribution in [-0.4, -0.2) is 25.2 Å². The zero-order valence-electron chi connectivity index (χ0n) is 15.1. The van der Waals surface area contributed by atoms with Gasteiger partial charge in [-0.05, 0) is 36.5 Å². The highest BCUT2D eigenvalue weighted by molar-refractivity contribution is 5.98. The zero-order valence-corrected chi connectivity index (χ0v) is 15.1. The number of hydrogen-bond acceptors (Lipinski definition) is 4. The van der Waals surface area contributed by atoms with E-state index >= 15 is 0 Å². The maximum absolute atomic E-state index is 12.4. The lowest BCUT2D eigenvalue weighted by Gasteiger charge is -2.16. The molecule has 4 nitrogen and oxygen atoms in total. The second kappa shape index (κ2) is 8.06. The number of benzene rings is 1. The molecule has 0 aliphatic heterocycles. The molecule has 0 radical (unpaired) electrons. The number of ether oxygens (including phenoxy) is 2. The third-order valence-electron chi connectivity index (χ3n) is 3.80. The molecule has 2 rings (SSSR count). The monoisotopic (exact) mass is 327 g/mol. The first kappa shape index (κ1) is 18.1. The Morgan fingerprint density at radius 2 is 1.83 bits per heavy atom. The summed E-state index contributed by atoms with van der Waals surface area (Å²) in [6.07, 6.45) is 0.844. The van der Waals surface area contributed by atoms with Crippen LogP contribution in [0.5, 0.6) is 0 Å². The smallest absolute Gasteiger partial charge is 0.340 e. The Labute approximate surface area is 143 Å². The Hall–Kier alpha value is -2.20. The first-order valence-electron chi connectivity index (χ1n) is 8.13. The van der Waals surface area contributed by atoms with Crippen LogP contribution in [0.15, 0.2) is 30.3 Å². The molecule has 1 aromatic carbocycles. The van der Waals surface area contributed by atoms with Crippen molar-refractivity contribution in [3.05, 3.63) is 52.8 Å². The number of esters is 1. The summed E-state index contributed by atoms with van der Waals surface area (Å²) in [6.45, 7) is 6.61. The summed E-state index contributed by atoms with van der Waals surface area (Å²) < 4.78 is 10.3. The van der Waals surface area contributed by atoms with Gasteiger partial charge in [0.1, 0.15) is 0 Å². The molecule has 0 amide bonds.